The highest BCUT2D eigenvalue weighted by Gasteiger charge is 2.32. The van der Waals surface area contributed by atoms with Gasteiger partial charge in [0.25, 0.3) is 5.91 Å². The molecule has 0 radical (unpaired) electrons. The van der Waals surface area contributed by atoms with Crippen LogP contribution in [0.5, 0.6) is 0 Å². The summed E-state index contributed by atoms with van der Waals surface area (Å²) in [5.74, 6) is 1.01. The van der Waals surface area contributed by atoms with Crippen molar-refractivity contribution in [3.8, 4) is 0 Å². The Morgan fingerprint density at radius 1 is 1.21 bits per heavy atom. The molecular formula is C22H27N3O3. The number of aryl methyl sites for hydroxylation is 1. The summed E-state index contributed by atoms with van der Waals surface area (Å²) in [6.07, 6.45) is 3.54. The highest BCUT2D eigenvalue weighted by molar-refractivity contribution is 5.98. The Balaban J connectivity index is 1.41. The molecule has 1 aromatic heterocycles. The number of carbonyl (C=O) groups is 2. The Bertz CT molecular complexity index is 840. The number of furan rings is 1. The van der Waals surface area contributed by atoms with Crippen LogP contribution in [-0.2, 0) is 17.8 Å². The molecule has 2 aliphatic heterocycles. The molecule has 0 bridgehead atoms. The van der Waals surface area contributed by atoms with Gasteiger partial charge in [-0.2, -0.15) is 0 Å². The molecule has 2 amide bonds. The first-order valence-corrected chi connectivity index (χ1v) is 10.1. The summed E-state index contributed by atoms with van der Waals surface area (Å²) in [5.41, 5.74) is 1.96. The largest absolute Gasteiger partial charge is 0.456 e. The van der Waals surface area contributed by atoms with Crippen molar-refractivity contribution < 1.29 is 14.0 Å². The maximum Gasteiger partial charge on any atom is 0.287 e. The van der Waals surface area contributed by atoms with Crippen molar-refractivity contribution in [3.63, 3.8) is 0 Å². The molecule has 2 aliphatic rings. The lowest BCUT2D eigenvalue weighted by atomic mass is 10.2. The fourth-order valence-electron chi connectivity index (χ4n) is 4.11. The molecule has 6 nitrogen and oxygen atoms in total. The van der Waals surface area contributed by atoms with Crippen molar-refractivity contribution in [2.75, 3.05) is 24.5 Å². The first-order valence-electron chi connectivity index (χ1n) is 10.1. The average Bonchev–Trinajstić information content (AvgIpc) is 3.43. The number of rotatable bonds is 6. The number of hydrogen-bond acceptors (Lipinski definition) is 4. The summed E-state index contributed by atoms with van der Waals surface area (Å²) in [4.78, 5) is 29.2. The van der Waals surface area contributed by atoms with Crippen LogP contribution in [0.4, 0.5) is 5.69 Å². The molecule has 6 heteroatoms. The van der Waals surface area contributed by atoms with Gasteiger partial charge in [0.1, 0.15) is 5.76 Å². The molecule has 0 saturated carbocycles. The molecule has 1 N–H and O–H groups in total. The Morgan fingerprint density at radius 3 is 2.68 bits per heavy atom. The predicted molar refractivity (Wildman–Crippen MR) is 107 cm³/mol. The summed E-state index contributed by atoms with van der Waals surface area (Å²) in [5, 5.41) is 2.97. The highest BCUT2D eigenvalue weighted by Crippen LogP contribution is 2.23. The van der Waals surface area contributed by atoms with Gasteiger partial charge in [0.2, 0.25) is 5.91 Å². The van der Waals surface area contributed by atoms with Crippen LogP contribution in [0, 0.1) is 0 Å². The van der Waals surface area contributed by atoms with E-state index < -0.39 is 0 Å². The van der Waals surface area contributed by atoms with Crippen molar-refractivity contribution in [3.05, 3.63) is 53.5 Å². The first-order chi connectivity index (χ1) is 13.6. The normalized spacial score (nSPS) is 20.1. The molecule has 2 saturated heterocycles. The van der Waals surface area contributed by atoms with E-state index in [-0.39, 0.29) is 17.9 Å². The second-order valence-corrected chi connectivity index (χ2v) is 7.61. The first kappa shape index (κ1) is 18.7. The van der Waals surface area contributed by atoms with Crippen molar-refractivity contribution in [2.24, 2.45) is 0 Å². The molecule has 3 heterocycles. The van der Waals surface area contributed by atoms with Crippen LogP contribution in [0.2, 0.25) is 0 Å². The smallest absolute Gasteiger partial charge is 0.287 e. The summed E-state index contributed by atoms with van der Waals surface area (Å²) >= 11 is 0. The monoisotopic (exact) mass is 381 g/mol. The zero-order valence-electron chi connectivity index (χ0n) is 16.3. The SMILES string of the molecule is CCc1oc(C(=O)NC2CC(=O)N(c3ccccc3)C2)cc1CN1CCCC1. The Hall–Kier alpha value is -2.60. The average molecular weight is 381 g/mol. The minimum absolute atomic E-state index is 0.0277. The van der Waals surface area contributed by atoms with Gasteiger partial charge < -0.3 is 14.6 Å². The highest BCUT2D eigenvalue weighted by atomic mass is 16.4. The third-order valence-corrected chi connectivity index (χ3v) is 5.56. The van der Waals surface area contributed by atoms with E-state index in [1.165, 1.54) is 12.8 Å². The van der Waals surface area contributed by atoms with E-state index in [4.69, 9.17) is 4.42 Å². The van der Waals surface area contributed by atoms with E-state index in [0.717, 1.165) is 43.1 Å². The quantitative estimate of drug-likeness (QED) is 0.835. The maximum atomic E-state index is 12.7. The lowest BCUT2D eigenvalue weighted by molar-refractivity contribution is -0.117. The van der Waals surface area contributed by atoms with E-state index in [1.54, 1.807) is 4.90 Å². The summed E-state index contributed by atoms with van der Waals surface area (Å²) in [7, 11) is 0. The molecule has 148 valence electrons. The zero-order valence-corrected chi connectivity index (χ0v) is 16.3. The fraction of sp³-hybridized carbons (Fsp3) is 0.455. The van der Waals surface area contributed by atoms with Crippen LogP contribution in [0.15, 0.2) is 40.8 Å². The number of para-hydroxylation sites is 1. The topological polar surface area (TPSA) is 65.8 Å². The number of anilines is 1. The van der Waals surface area contributed by atoms with Crippen LogP contribution >= 0.6 is 0 Å². The number of hydrogen-bond donors (Lipinski definition) is 1. The van der Waals surface area contributed by atoms with Gasteiger partial charge >= 0.3 is 0 Å². The van der Waals surface area contributed by atoms with Crippen LogP contribution < -0.4 is 10.2 Å². The molecule has 0 aliphatic carbocycles. The molecule has 2 fully saturated rings. The van der Waals surface area contributed by atoms with Gasteiger partial charge in [0.05, 0.1) is 6.04 Å². The Labute approximate surface area is 165 Å². The minimum Gasteiger partial charge on any atom is -0.456 e. The summed E-state index contributed by atoms with van der Waals surface area (Å²) in [6.45, 7) is 5.58. The van der Waals surface area contributed by atoms with E-state index in [9.17, 15) is 9.59 Å². The number of likely N-dealkylation sites (tertiary alicyclic amines) is 1. The predicted octanol–water partition coefficient (Wildman–Crippen LogP) is 2.97. The van der Waals surface area contributed by atoms with Gasteiger partial charge in [-0.3, -0.25) is 14.5 Å². The molecular weight excluding hydrogens is 354 g/mol. The number of nitrogens with one attached hydrogen (secondary N) is 1. The molecule has 1 aromatic carbocycles. The van der Waals surface area contributed by atoms with Gasteiger partial charge in [-0.1, -0.05) is 25.1 Å². The number of nitrogens with zero attached hydrogens (tertiary/aromatic N) is 2. The second kappa shape index (κ2) is 8.19. The molecule has 4 rings (SSSR count). The summed E-state index contributed by atoms with van der Waals surface area (Å²) < 4.78 is 5.85. The third kappa shape index (κ3) is 3.97. The standard InChI is InChI=1S/C22H27N3O3/c1-2-19-16(14-24-10-6-7-11-24)12-20(28-19)22(27)23-17-13-21(26)25(15-17)18-8-4-3-5-9-18/h3-5,8-9,12,17H,2,6-7,10-11,13-15H2,1H3,(H,23,27). The van der Waals surface area contributed by atoms with Crippen LogP contribution in [-0.4, -0.2) is 42.4 Å². The Morgan fingerprint density at radius 2 is 1.96 bits per heavy atom. The third-order valence-electron chi connectivity index (χ3n) is 5.56. The number of carbonyl (C=O) groups excluding carboxylic acids is 2. The van der Waals surface area contributed by atoms with Gasteiger partial charge in [-0.05, 0) is 44.1 Å². The van der Waals surface area contributed by atoms with Crippen molar-refractivity contribution in [1.29, 1.82) is 0 Å². The van der Waals surface area contributed by atoms with Crippen molar-refractivity contribution in [1.82, 2.24) is 10.2 Å². The second-order valence-electron chi connectivity index (χ2n) is 7.61. The van der Waals surface area contributed by atoms with Crippen molar-refractivity contribution in [2.45, 2.75) is 45.2 Å². The number of amides is 2. The van der Waals surface area contributed by atoms with E-state index in [2.05, 4.69) is 10.2 Å². The summed E-state index contributed by atoms with van der Waals surface area (Å²) in [6, 6.07) is 11.2. The molecule has 1 atom stereocenters. The van der Waals surface area contributed by atoms with Gasteiger partial charge in [0, 0.05) is 37.2 Å². The maximum absolute atomic E-state index is 12.7. The van der Waals surface area contributed by atoms with Crippen molar-refractivity contribution >= 4 is 17.5 Å². The molecule has 2 aromatic rings. The number of benzene rings is 1. The van der Waals surface area contributed by atoms with E-state index in [0.29, 0.717) is 18.7 Å². The Kier molecular flexibility index (Phi) is 5.48. The minimum atomic E-state index is -0.241. The van der Waals surface area contributed by atoms with Crippen LogP contribution in [0.3, 0.4) is 0 Å². The lowest BCUT2D eigenvalue weighted by Gasteiger charge is -2.16. The van der Waals surface area contributed by atoms with E-state index >= 15 is 0 Å². The van der Waals surface area contributed by atoms with Gasteiger partial charge in [0.15, 0.2) is 5.76 Å². The van der Waals surface area contributed by atoms with Crippen LogP contribution in [0.25, 0.3) is 0 Å². The molecule has 28 heavy (non-hydrogen) atoms. The van der Waals surface area contributed by atoms with Crippen LogP contribution in [0.1, 0.15) is 48.1 Å². The lowest BCUT2D eigenvalue weighted by Crippen LogP contribution is -2.37. The molecule has 0 spiro atoms. The van der Waals surface area contributed by atoms with Gasteiger partial charge in [-0.25, -0.2) is 0 Å². The zero-order chi connectivity index (χ0) is 19.5. The van der Waals surface area contributed by atoms with E-state index in [1.807, 2.05) is 43.3 Å². The molecule has 1 unspecified atom stereocenters. The fourth-order valence-corrected chi connectivity index (χ4v) is 4.11. The van der Waals surface area contributed by atoms with Gasteiger partial charge in [-0.15, -0.1) is 0 Å².